The molecule has 0 saturated heterocycles. The highest BCUT2D eigenvalue weighted by Gasteiger charge is 2.22. The summed E-state index contributed by atoms with van der Waals surface area (Å²) >= 11 is 1.36. The first kappa shape index (κ1) is 17.2. The van der Waals surface area contributed by atoms with Crippen LogP contribution in [-0.2, 0) is 4.74 Å². The van der Waals surface area contributed by atoms with Gasteiger partial charge in [0.05, 0.1) is 17.6 Å². The van der Waals surface area contributed by atoms with E-state index in [1.54, 1.807) is 0 Å². The molecule has 6 heteroatoms. The van der Waals surface area contributed by atoms with Gasteiger partial charge in [0.25, 0.3) is 0 Å². The first-order chi connectivity index (χ1) is 9.95. The average molecular weight is 309 g/mol. The maximum Gasteiger partial charge on any atom is 0.341 e. The van der Waals surface area contributed by atoms with Crippen molar-refractivity contribution >= 4 is 22.3 Å². The van der Waals surface area contributed by atoms with Gasteiger partial charge in [-0.3, -0.25) is 4.68 Å². The first-order valence-corrected chi connectivity index (χ1v) is 7.80. The van der Waals surface area contributed by atoms with Crippen LogP contribution in [0.1, 0.15) is 49.7 Å². The fraction of sp³-hybridized carbons (Fsp3) is 0.467. The van der Waals surface area contributed by atoms with Gasteiger partial charge in [0, 0.05) is 12.2 Å². The molecule has 0 atom stereocenters. The summed E-state index contributed by atoms with van der Waals surface area (Å²) in [6, 6.07) is 2.23. The van der Waals surface area contributed by atoms with E-state index in [2.05, 4.69) is 18.9 Å². The largest absolute Gasteiger partial charge is 0.465 e. The number of aromatic nitrogens is 2. The van der Waals surface area contributed by atoms with Gasteiger partial charge in [-0.05, 0) is 32.4 Å². The van der Waals surface area contributed by atoms with Crippen LogP contribution in [0.4, 0.5) is 5.00 Å². The molecular weight excluding hydrogens is 286 g/mol. The fourth-order valence-electron chi connectivity index (χ4n) is 1.88. The molecule has 2 rings (SSSR count). The summed E-state index contributed by atoms with van der Waals surface area (Å²) in [6.07, 6.45) is 1.92. The van der Waals surface area contributed by atoms with Gasteiger partial charge in [0.15, 0.2) is 0 Å². The van der Waals surface area contributed by atoms with Gasteiger partial charge >= 0.3 is 5.97 Å². The second-order valence-corrected chi connectivity index (χ2v) is 5.61. The number of nitrogen functional groups attached to an aromatic ring is 1. The van der Waals surface area contributed by atoms with Crippen molar-refractivity contribution in [2.24, 2.45) is 0 Å². The minimum absolute atomic E-state index is 0.298. The number of methoxy groups -OCH3 is 1. The van der Waals surface area contributed by atoms with E-state index < -0.39 is 5.97 Å². The number of hydrogen-bond acceptors (Lipinski definition) is 5. The maximum absolute atomic E-state index is 11.7. The maximum atomic E-state index is 11.7. The van der Waals surface area contributed by atoms with Gasteiger partial charge in [-0.15, -0.1) is 11.3 Å². The van der Waals surface area contributed by atoms with Crippen LogP contribution in [0.5, 0.6) is 0 Å². The molecule has 5 nitrogen and oxygen atoms in total. The molecule has 0 aliphatic rings. The minimum Gasteiger partial charge on any atom is -0.465 e. The van der Waals surface area contributed by atoms with Crippen molar-refractivity contribution in [3.8, 4) is 10.6 Å². The Morgan fingerprint density at radius 3 is 2.52 bits per heavy atom. The van der Waals surface area contributed by atoms with E-state index in [0.29, 0.717) is 16.6 Å². The first-order valence-electron chi connectivity index (χ1n) is 6.98. The summed E-state index contributed by atoms with van der Waals surface area (Å²) in [5, 5.41) is 4.97. The van der Waals surface area contributed by atoms with Crippen LogP contribution < -0.4 is 5.73 Å². The van der Waals surface area contributed by atoms with Gasteiger partial charge in [-0.2, -0.15) is 5.10 Å². The smallest absolute Gasteiger partial charge is 0.341 e. The molecule has 2 N–H and O–H groups in total. The summed E-state index contributed by atoms with van der Waals surface area (Å²) in [6.45, 7) is 9.99. The van der Waals surface area contributed by atoms with Crippen molar-refractivity contribution in [3.05, 3.63) is 23.4 Å². The summed E-state index contributed by atoms with van der Waals surface area (Å²) in [7, 11) is 1.35. The third-order valence-electron chi connectivity index (χ3n) is 2.93. The summed E-state index contributed by atoms with van der Waals surface area (Å²) in [5.41, 5.74) is 8.01. The third-order valence-corrected chi connectivity index (χ3v) is 4.08. The Morgan fingerprint density at radius 2 is 2.05 bits per heavy atom. The van der Waals surface area contributed by atoms with Gasteiger partial charge < -0.3 is 10.5 Å². The lowest BCUT2D eigenvalue weighted by molar-refractivity contribution is 0.0601. The molecule has 2 aromatic rings. The minimum atomic E-state index is -0.402. The lowest BCUT2D eigenvalue weighted by Crippen LogP contribution is -2.04. The summed E-state index contributed by atoms with van der Waals surface area (Å²) in [4.78, 5) is 12.6. The zero-order valence-corrected chi connectivity index (χ0v) is 14.2. The van der Waals surface area contributed by atoms with Crippen LogP contribution in [0.15, 0.2) is 12.3 Å². The highest BCUT2D eigenvalue weighted by molar-refractivity contribution is 7.19. The van der Waals surface area contributed by atoms with Crippen LogP contribution in [0, 0.1) is 6.92 Å². The standard InChI is InChI=1S/C13H17N3O2S.C2H6/c1-7(2)16-6-5-9(15-16)11-8(3)10(12(14)19-11)13(17)18-4;1-2/h5-7H,14H2,1-4H3;1-2H3. The van der Waals surface area contributed by atoms with Gasteiger partial charge in [-0.25, -0.2) is 4.79 Å². The number of nitrogens with two attached hydrogens (primary N) is 1. The molecule has 0 amide bonds. The average Bonchev–Trinajstić information content (AvgIpc) is 3.05. The van der Waals surface area contributed by atoms with Crippen LogP contribution in [0.2, 0.25) is 0 Å². The van der Waals surface area contributed by atoms with Crippen molar-refractivity contribution < 1.29 is 9.53 Å². The monoisotopic (exact) mass is 309 g/mol. The fourth-order valence-corrected chi connectivity index (χ4v) is 2.91. The van der Waals surface area contributed by atoms with E-state index in [1.165, 1.54) is 18.4 Å². The zero-order chi connectivity index (χ0) is 16.2. The second kappa shape index (κ2) is 7.26. The van der Waals surface area contributed by atoms with Crippen molar-refractivity contribution in [2.45, 2.75) is 40.7 Å². The molecule has 0 spiro atoms. The molecule has 116 valence electrons. The van der Waals surface area contributed by atoms with E-state index in [0.717, 1.165) is 16.1 Å². The van der Waals surface area contributed by atoms with Crippen molar-refractivity contribution in [2.75, 3.05) is 12.8 Å². The number of carbonyl (C=O) groups is 1. The number of carbonyl (C=O) groups excluding carboxylic acids is 1. The highest BCUT2D eigenvalue weighted by atomic mass is 32.1. The molecular formula is C15H23N3O2S. The zero-order valence-electron chi connectivity index (χ0n) is 13.4. The van der Waals surface area contributed by atoms with E-state index >= 15 is 0 Å². The third kappa shape index (κ3) is 3.44. The lowest BCUT2D eigenvalue weighted by atomic mass is 10.1. The number of nitrogens with zero attached hydrogens (tertiary/aromatic N) is 2. The topological polar surface area (TPSA) is 70.1 Å². The number of esters is 1. The Hall–Kier alpha value is -1.82. The quantitative estimate of drug-likeness (QED) is 0.873. The molecule has 0 unspecified atom stereocenters. The number of rotatable bonds is 3. The predicted molar refractivity (Wildman–Crippen MR) is 87.8 cm³/mol. The van der Waals surface area contributed by atoms with Crippen molar-refractivity contribution in [1.29, 1.82) is 0 Å². The van der Waals surface area contributed by atoms with Crippen LogP contribution >= 0.6 is 11.3 Å². The van der Waals surface area contributed by atoms with E-state index in [9.17, 15) is 4.79 Å². The summed E-state index contributed by atoms with van der Waals surface area (Å²) in [5.74, 6) is -0.402. The summed E-state index contributed by atoms with van der Waals surface area (Å²) < 4.78 is 6.63. The molecule has 0 fully saturated rings. The lowest BCUT2D eigenvalue weighted by Gasteiger charge is -2.03. The molecule has 0 radical (unpaired) electrons. The number of thiophene rings is 1. The molecule has 0 saturated carbocycles. The number of ether oxygens (including phenoxy) is 1. The van der Waals surface area contributed by atoms with E-state index in [4.69, 9.17) is 10.5 Å². The Morgan fingerprint density at radius 1 is 1.43 bits per heavy atom. The molecule has 0 bridgehead atoms. The number of anilines is 1. The normalized spacial score (nSPS) is 10.2. The Labute approximate surface area is 129 Å². The Bertz CT molecular complexity index is 614. The molecule has 0 aromatic carbocycles. The highest BCUT2D eigenvalue weighted by Crippen LogP contribution is 2.37. The van der Waals surface area contributed by atoms with E-state index in [-0.39, 0.29) is 0 Å². The Balaban J connectivity index is 0.00000106. The van der Waals surface area contributed by atoms with Crippen LogP contribution in [-0.4, -0.2) is 22.9 Å². The van der Waals surface area contributed by atoms with Crippen molar-refractivity contribution in [1.82, 2.24) is 9.78 Å². The van der Waals surface area contributed by atoms with Crippen LogP contribution in [0.3, 0.4) is 0 Å². The Kier molecular flexibility index (Phi) is 5.96. The molecule has 2 heterocycles. The molecule has 21 heavy (non-hydrogen) atoms. The van der Waals surface area contributed by atoms with Gasteiger partial charge in [0.1, 0.15) is 10.7 Å². The van der Waals surface area contributed by atoms with Crippen molar-refractivity contribution in [3.63, 3.8) is 0 Å². The van der Waals surface area contributed by atoms with Crippen LogP contribution in [0.25, 0.3) is 10.6 Å². The second-order valence-electron chi connectivity index (χ2n) is 4.56. The predicted octanol–water partition coefficient (Wildman–Crippen LogP) is 3.90. The number of hydrogen-bond donors (Lipinski definition) is 1. The molecule has 0 aliphatic carbocycles. The van der Waals surface area contributed by atoms with Gasteiger partial charge in [-0.1, -0.05) is 13.8 Å². The van der Waals surface area contributed by atoms with E-state index in [1.807, 2.05) is 37.7 Å². The molecule has 0 aliphatic heterocycles. The molecule has 2 aromatic heterocycles. The van der Waals surface area contributed by atoms with Gasteiger partial charge in [0.2, 0.25) is 0 Å². The SMILES string of the molecule is CC.COC(=O)c1c(N)sc(-c2ccn(C(C)C)n2)c1C.